The Labute approximate surface area is 113 Å². The molecule has 0 amide bonds. The fourth-order valence-corrected chi connectivity index (χ4v) is 3.15. The lowest BCUT2D eigenvalue weighted by Gasteiger charge is -2.29. The SMILES string of the molecule is O=C1C[C@@H]2CC[C@@H](COCc3ccccc3)C[C@@H]2O1. The summed E-state index contributed by atoms with van der Waals surface area (Å²) in [6, 6.07) is 10.2. The second-order valence-electron chi connectivity index (χ2n) is 5.67. The van der Waals surface area contributed by atoms with E-state index in [9.17, 15) is 4.79 Å². The van der Waals surface area contributed by atoms with Gasteiger partial charge in [0.2, 0.25) is 0 Å². The van der Waals surface area contributed by atoms with Crippen molar-refractivity contribution in [3.8, 4) is 0 Å². The zero-order valence-corrected chi connectivity index (χ0v) is 11.1. The minimum Gasteiger partial charge on any atom is -0.462 e. The number of ether oxygens (including phenoxy) is 2. The second kappa shape index (κ2) is 5.74. The maximum Gasteiger partial charge on any atom is 0.306 e. The third-order valence-corrected chi connectivity index (χ3v) is 4.21. The fraction of sp³-hybridized carbons (Fsp3) is 0.562. The highest BCUT2D eigenvalue weighted by Crippen LogP contribution is 2.37. The Morgan fingerprint density at radius 3 is 2.89 bits per heavy atom. The van der Waals surface area contributed by atoms with Crippen LogP contribution < -0.4 is 0 Å². The van der Waals surface area contributed by atoms with Gasteiger partial charge in [-0.2, -0.15) is 0 Å². The number of rotatable bonds is 4. The molecule has 102 valence electrons. The highest BCUT2D eigenvalue weighted by Gasteiger charge is 2.39. The van der Waals surface area contributed by atoms with Gasteiger partial charge >= 0.3 is 5.97 Å². The van der Waals surface area contributed by atoms with Crippen LogP contribution >= 0.6 is 0 Å². The topological polar surface area (TPSA) is 35.5 Å². The summed E-state index contributed by atoms with van der Waals surface area (Å²) in [6.45, 7) is 1.45. The molecular weight excluding hydrogens is 240 g/mol. The molecule has 0 unspecified atom stereocenters. The van der Waals surface area contributed by atoms with Gasteiger partial charge in [0.25, 0.3) is 0 Å². The maximum atomic E-state index is 11.3. The van der Waals surface area contributed by atoms with Crippen LogP contribution in [0.5, 0.6) is 0 Å². The molecule has 0 aromatic heterocycles. The molecule has 3 atom stereocenters. The van der Waals surface area contributed by atoms with Gasteiger partial charge in [0.1, 0.15) is 6.10 Å². The van der Waals surface area contributed by atoms with Crippen LogP contribution in [0.15, 0.2) is 30.3 Å². The van der Waals surface area contributed by atoms with Crippen molar-refractivity contribution in [1.29, 1.82) is 0 Å². The molecule has 0 bridgehead atoms. The summed E-state index contributed by atoms with van der Waals surface area (Å²) < 4.78 is 11.2. The quantitative estimate of drug-likeness (QED) is 0.781. The maximum absolute atomic E-state index is 11.3. The van der Waals surface area contributed by atoms with Gasteiger partial charge in [0, 0.05) is 12.5 Å². The molecule has 0 radical (unpaired) electrons. The number of fused-ring (bicyclic) bond motifs is 1. The smallest absolute Gasteiger partial charge is 0.306 e. The van der Waals surface area contributed by atoms with Crippen LogP contribution in [0.3, 0.4) is 0 Å². The molecule has 1 aromatic carbocycles. The van der Waals surface area contributed by atoms with E-state index < -0.39 is 0 Å². The minimum absolute atomic E-state index is 0.0131. The molecule has 0 N–H and O–H groups in total. The summed E-state index contributed by atoms with van der Waals surface area (Å²) in [5, 5.41) is 0. The number of carbonyl (C=O) groups excluding carboxylic acids is 1. The van der Waals surface area contributed by atoms with Gasteiger partial charge in [-0.3, -0.25) is 4.79 Å². The second-order valence-corrected chi connectivity index (χ2v) is 5.67. The van der Waals surface area contributed by atoms with Crippen molar-refractivity contribution < 1.29 is 14.3 Å². The molecule has 1 aliphatic carbocycles. The molecule has 0 spiro atoms. The summed E-state index contributed by atoms with van der Waals surface area (Å²) >= 11 is 0. The Hall–Kier alpha value is -1.35. The third-order valence-electron chi connectivity index (χ3n) is 4.21. The standard InChI is InChI=1S/C16H20O3/c17-16-9-14-7-6-13(8-15(14)19-16)11-18-10-12-4-2-1-3-5-12/h1-5,13-15H,6-11H2/t13-,14+,15+/m1/s1. The van der Waals surface area contributed by atoms with E-state index in [0.29, 0.717) is 24.9 Å². The molecule has 3 nitrogen and oxygen atoms in total. The first kappa shape index (κ1) is 12.7. The predicted octanol–water partition coefficient (Wildman–Crippen LogP) is 2.94. The van der Waals surface area contributed by atoms with Crippen molar-refractivity contribution in [1.82, 2.24) is 0 Å². The van der Waals surface area contributed by atoms with E-state index in [0.717, 1.165) is 25.9 Å². The number of hydrogen-bond donors (Lipinski definition) is 0. The lowest BCUT2D eigenvalue weighted by atomic mass is 9.80. The van der Waals surface area contributed by atoms with Crippen LogP contribution in [0.1, 0.15) is 31.2 Å². The van der Waals surface area contributed by atoms with E-state index in [-0.39, 0.29) is 12.1 Å². The number of carbonyl (C=O) groups is 1. The molecule has 1 aliphatic heterocycles. The number of hydrogen-bond acceptors (Lipinski definition) is 3. The van der Waals surface area contributed by atoms with Crippen molar-refractivity contribution >= 4 is 5.97 Å². The van der Waals surface area contributed by atoms with Crippen molar-refractivity contribution in [2.24, 2.45) is 11.8 Å². The Balaban J connectivity index is 1.43. The number of benzene rings is 1. The average Bonchev–Trinajstić information content (AvgIpc) is 2.79. The number of esters is 1. The van der Waals surface area contributed by atoms with Crippen LogP contribution in [-0.4, -0.2) is 18.7 Å². The Morgan fingerprint density at radius 2 is 2.05 bits per heavy atom. The zero-order valence-electron chi connectivity index (χ0n) is 11.1. The van der Waals surface area contributed by atoms with Crippen molar-refractivity contribution in [3.05, 3.63) is 35.9 Å². The first-order valence-electron chi connectivity index (χ1n) is 7.12. The van der Waals surface area contributed by atoms with Crippen molar-refractivity contribution in [2.75, 3.05) is 6.61 Å². The largest absolute Gasteiger partial charge is 0.462 e. The summed E-state index contributed by atoms with van der Waals surface area (Å²) in [7, 11) is 0. The lowest BCUT2D eigenvalue weighted by molar-refractivity contribution is -0.142. The first-order valence-corrected chi connectivity index (χ1v) is 7.12. The van der Waals surface area contributed by atoms with E-state index in [1.807, 2.05) is 18.2 Å². The van der Waals surface area contributed by atoms with Crippen LogP contribution in [0.25, 0.3) is 0 Å². The highest BCUT2D eigenvalue weighted by atomic mass is 16.6. The summed E-state index contributed by atoms with van der Waals surface area (Å²) in [4.78, 5) is 11.3. The summed E-state index contributed by atoms with van der Waals surface area (Å²) in [6.07, 6.45) is 4.03. The Bertz CT molecular complexity index is 429. The van der Waals surface area contributed by atoms with Gasteiger partial charge in [0.15, 0.2) is 0 Å². The Morgan fingerprint density at radius 1 is 1.21 bits per heavy atom. The molecule has 3 heteroatoms. The van der Waals surface area contributed by atoms with E-state index in [4.69, 9.17) is 9.47 Å². The lowest BCUT2D eigenvalue weighted by Crippen LogP contribution is -2.28. The Kier molecular flexibility index (Phi) is 3.83. The first-order chi connectivity index (χ1) is 9.31. The van der Waals surface area contributed by atoms with Gasteiger partial charge in [0.05, 0.1) is 13.0 Å². The van der Waals surface area contributed by atoms with E-state index >= 15 is 0 Å². The molecule has 1 saturated heterocycles. The third kappa shape index (κ3) is 3.16. The average molecular weight is 260 g/mol. The molecule has 1 heterocycles. The highest BCUT2D eigenvalue weighted by molar-refractivity contribution is 5.72. The predicted molar refractivity (Wildman–Crippen MR) is 71.4 cm³/mol. The van der Waals surface area contributed by atoms with Gasteiger partial charge in [-0.15, -0.1) is 0 Å². The normalized spacial score (nSPS) is 29.9. The molecule has 2 fully saturated rings. The van der Waals surface area contributed by atoms with Gasteiger partial charge in [-0.1, -0.05) is 30.3 Å². The van der Waals surface area contributed by atoms with E-state index in [1.165, 1.54) is 5.56 Å². The van der Waals surface area contributed by atoms with Gasteiger partial charge < -0.3 is 9.47 Å². The van der Waals surface area contributed by atoms with Gasteiger partial charge in [-0.05, 0) is 30.7 Å². The minimum atomic E-state index is -0.0131. The van der Waals surface area contributed by atoms with Crippen LogP contribution in [-0.2, 0) is 20.9 Å². The molecule has 19 heavy (non-hydrogen) atoms. The van der Waals surface area contributed by atoms with Gasteiger partial charge in [-0.25, -0.2) is 0 Å². The van der Waals surface area contributed by atoms with Crippen molar-refractivity contribution in [3.63, 3.8) is 0 Å². The molecule has 2 aliphatic rings. The zero-order chi connectivity index (χ0) is 13.1. The van der Waals surface area contributed by atoms with Crippen LogP contribution in [0.4, 0.5) is 0 Å². The van der Waals surface area contributed by atoms with Crippen molar-refractivity contribution in [2.45, 2.75) is 38.4 Å². The molecule has 1 saturated carbocycles. The van der Waals surface area contributed by atoms with E-state index in [1.54, 1.807) is 0 Å². The van der Waals surface area contributed by atoms with E-state index in [2.05, 4.69) is 12.1 Å². The molecule has 1 aromatic rings. The summed E-state index contributed by atoms with van der Waals surface area (Å²) in [5.74, 6) is 0.995. The molecule has 3 rings (SSSR count). The summed E-state index contributed by atoms with van der Waals surface area (Å²) in [5.41, 5.74) is 1.21. The van der Waals surface area contributed by atoms with Crippen LogP contribution in [0, 0.1) is 11.8 Å². The van der Waals surface area contributed by atoms with Crippen LogP contribution in [0.2, 0.25) is 0 Å². The monoisotopic (exact) mass is 260 g/mol. The fourth-order valence-electron chi connectivity index (χ4n) is 3.15. The molecular formula is C16H20O3.